The second-order valence-electron chi connectivity index (χ2n) is 3.74. The van der Waals surface area contributed by atoms with Crippen LogP contribution in [0.2, 0.25) is 0 Å². The van der Waals surface area contributed by atoms with E-state index in [1.807, 2.05) is 13.8 Å². The van der Waals surface area contributed by atoms with Crippen molar-refractivity contribution in [2.24, 2.45) is 11.1 Å². The Labute approximate surface area is 90.7 Å². The topological polar surface area (TPSA) is 95.6 Å². The molecule has 0 spiro atoms. The lowest BCUT2D eigenvalue weighted by Gasteiger charge is -2.28. The highest BCUT2D eigenvalue weighted by molar-refractivity contribution is 5.82. The van der Waals surface area contributed by atoms with Gasteiger partial charge in [-0.25, -0.2) is 0 Å². The molecule has 0 saturated heterocycles. The normalized spacial score (nSPS) is 13.7. The third-order valence-electron chi connectivity index (χ3n) is 2.93. The van der Waals surface area contributed by atoms with Crippen LogP contribution in [-0.4, -0.2) is 41.9 Å². The van der Waals surface area contributed by atoms with Gasteiger partial charge in [0.05, 0.1) is 18.1 Å². The fourth-order valence-corrected chi connectivity index (χ4v) is 1.42. The zero-order chi connectivity index (χ0) is 11.9. The predicted molar refractivity (Wildman–Crippen MR) is 58.2 cm³/mol. The van der Waals surface area contributed by atoms with Gasteiger partial charge in [0.1, 0.15) is 0 Å². The number of amides is 1. The Bertz CT molecular complexity index is 185. The Balaban J connectivity index is 4.27. The molecule has 5 nitrogen and oxygen atoms in total. The number of hydrogen-bond donors (Lipinski definition) is 4. The number of aliphatic hydroxyl groups excluding tert-OH is 2. The van der Waals surface area contributed by atoms with Gasteiger partial charge in [-0.1, -0.05) is 13.8 Å². The van der Waals surface area contributed by atoms with Gasteiger partial charge in [0.2, 0.25) is 5.91 Å². The molecule has 1 unspecified atom stereocenters. The first-order chi connectivity index (χ1) is 7.06. The number of hydrogen-bond acceptors (Lipinski definition) is 4. The summed E-state index contributed by atoms with van der Waals surface area (Å²) in [4.78, 5) is 11.8. The Morgan fingerprint density at radius 3 is 2.33 bits per heavy atom. The summed E-state index contributed by atoms with van der Waals surface area (Å²) in [5, 5.41) is 20.3. The van der Waals surface area contributed by atoms with E-state index in [0.717, 1.165) is 0 Å². The predicted octanol–water partition coefficient (Wildman–Crippen LogP) is -0.779. The molecule has 0 aromatic carbocycles. The third kappa shape index (κ3) is 3.77. The van der Waals surface area contributed by atoms with Gasteiger partial charge in [0.15, 0.2) is 0 Å². The van der Waals surface area contributed by atoms with E-state index in [-0.39, 0.29) is 19.1 Å². The van der Waals surface area contributed by atoms with E-state index in [1.54, 1.807) is 0 Å². The number of rotatable bonds is 7. The zero-order valence-corrected chi connectivity index (χ0v) is 9.49. The van der Waals surface area contributed by atoms with Crippen LogP contribution < -0.4 is 11.1 Å². The molecule has 15 heavy (non-hydrogen) atoms. The minimum absolute atomic E-state index is 0.0666. The number of nitrogens with one attached hydrogen (secondary N) is 1. The molecule has 5 N–H and O–H groups in total. The standard InChI is InChI=1S/C10H22N2O3/c1-3-10(4-2,7-11)9(15)12-5-8(14)6-13/h8,13-14H,3-7,11H2,1-2H3,(H,12,15). The van der Waals surface area contributed by atoms with Gasteiger partial charge in [-0.15, -0.1) is 0 Å². The summed E-state index contributed by atoms with van der Waals surface area (Å²) < 4.78 is 0. The van der Waals surface area contributed by atoms with E-state index in [4.69, 9.17) is 15.9 Å². The largest absolute Gasteiger partial charge is 0.394 e. The van der Waals surface area contributed by atoms with Gasteiger partial charge in [0.25, 0.3) is 0 Å². The highest BCUT2D eigenvalue weighted by Gasteiger charge is 2.33. The highest BCUT2D eigenvalue weighted by atomic mass is 16.3. The minimum atomic E-state index is -0.905. The van der Waals surface area contributed by atoms with Crippen molar-refractivity contribution in [3.8, 4) is 0 Å². The molecule has 0 fully saturated rings. The molecule has 0 radical (unpaired) electrons. The zero-order valence-electron chi connectivity index (χ0n) is 9.49. The van der Waals surface area contributed by atoms with Crippen molar-refractivity contribution >= 4 is 5.91 Å². The van der Waals surface area contributed by atoms with Crippen LogP contribution in [0, 0.1) is 5.41 Å². The van der Waals surface area contributed by atoms with E-state index in [2.05, 4.69) is 5.32 Å². The van der Waals surface area contributed by atoms with E-state index in [9.17, 15) is 4.79 Å². The summed E-state index contributed by atoms with van der Waals surface area (Å²) in [6, 6.07) is 0. The lowest BCUT2D eigenvalue weighted by atomic mass is 9.81. The number of nitrogens with two attached hydrogens (primary N) is 1. The fraction of sp³-hybridized carbons (Fsp3) is 0.900. The maximum absolute atomic E-state index is 11.8. The first-order valence-corrected chi connectivity index (χ1v) is 5.33. The Morgan fingerprint density at radius 1 is 1.47 bits per heavy atom. The third-order valence-corrected chi connectivity index (χ3v) is 2.93. The number of carbonyl (C=O) groups is 1. The first-order valence-electron chi connectivity index (χ1n) is 5.33. The highest BCUT2D eigenvalue weighted by Crippen LogP contribution is 2.24. The molecule has 0 aliphatic carbocycles. The minimum Gasteiger partial charge on any atom is -0.394 e. The average Bonchev–Trinajstić information content (AvgIpc) is 2.28. The van der Waals surface area contributed by atoms with Crippen LogP contribution >= 0.6 is 0 Å². The average molecular weight is 218 g/mol. The van der Waals surface area contributed by atoms with Crippen molar-refractivity contribution < 1.29 is 15.0 Å². The summed E-state index contributed by atoms with van der Waals surface area (Å²) in [7, 11) is 0. The maximum atomic E-state index is 11.8. The van der Waals surface area contributed by atoms with Gasteiger partial charge < -0.3 is 21.3 Å². The molecule has 90 valence electrons. The second kappa shape index (κ2) is 6.76. The molecule has 0 bridgehead atoms. The van der Waals surface area contributed by atoms with Crippen molar-refractivity contribution in [3.05, 3.63) is 0 Å². The molecule has 0 aliphatic heterocycles. The summed E-state index contributed by atoms with van der Waals surface area (Å²) in [6.07, 6.45) is 0.431. The summed E-state index contributed by atoms with van der Waals surface area (Å²) in [5.41, 5.74) is 5.05. The number of carbonyl (C=O) groups excluding carboxylic acids is 1. The molecule has 0 aromatic rings. The van der Waals surface area contributed by atoms with Crippen LogP contribution in [0.4, 0.5) is 0 Å². The van der Waals surface area contributed by atoms with E-state index in [0.29, 0.717) is 19.4 Å². The van der Waals surface area contributed by atoms with Crippen molar-refractivity contribution in [1.29, 1.82) is 0 Å². The summed E-state index contributed by atoms with van der Waals surface area (Å²) >= 11 is 0. The van der Waals surface area contributed by atoms with Gasteiger partial charge in [-0.05, 0) is 12.8 Å². The van der Waals surface area contributed by atoms with Crippen molar-refractivity contribution in [2.45, 2.75) is 32.8 Å². The molecule has 0 saturated carbocycles. The molecule has 0 rings (SSSR count). The van der Waals surface area contributed by atoms with Gasteiger partial charge in [-0.3, -0.25) is 4.79 Å². The van der Waals surface area contributed by atoms with Crippen LogP contribution in [0.3, 0.4) is 0 Å². The maximum Gasteiger partial charge on any atom is 0.227 e. The monoisotopic (exact) mass is 218 g/mol. The number of aliphatic hydroxyl groups is 2. The Kier molecular flexibility index (Phi) is 6.47. The molecule has 1 amide bonds. The van der Waals surface area contributed by atoms with Crippen LogP contribution in [0.1, 0.15) is 26.7 Å². The smallest absolute Gasteiger partial charge is 0.227 e. The molecule has 1 atom stereocenters. The van der Waals surface area contributed by atoms with E-state index in [1.165, 1.54) is 0 Å². The Hall–Kier alpha value is -0.650. The summed E-state index contributed by atoms with van der Waals surface area (Å²) in [6.45, 7) is 3.84. The molecule has 0 aliphatic rings. The molecule has 5 heteroatoms. The molecular weight excluding hydrogens is 196 g/mol. The molecular formula is C10H22N2O3. The van der Waals surface area contributed by atoms with Crippen molar-refractivity contribution in [3.63, 3.8) is 0 Å². The van der Waals surface area contributed by atoms with Crippen molar-refractivity contribution in [1.82, 2.24) is 5.32 Å². The second-order valence-corrected chi connectivity index (χ2v) is 3.74. The van der Waals surface area contributed by atoms with E-state index >= 15 is 0 Å². The SMILES string of the molecule is CCC(CC)(CN)C(=O)NCC(O)CO. The summed E-state index contributed by atoms with van der Waals surface area (Å²) in [5.74, 6) is -0.150. The van der Waals surface area contributed by atoms with E-state index < -0.39 is 11.5 Å². The Morgan fingerprint density at radius 2 is 2.00 bits per heavy atom. The molecule has 0 aromatic heterocycles. The lowest BCUT2D eigenvalue weighted by Crippen LogP contribution is -2.47. The van der Waals surface area contributed by atoms with Gasteiger partial charge in [-0.2, -0.15) is 0 Å². The first kappa shape index (κ1) is 14.3. The van der Waals surface area contributed by atoms with Crippen LogP contribution in [0.15, 0.2) is 0 Å². The quantitative estimate of drug-likeness (QED) is 0.451. The van der Waals surface area contributed by atoms with Gasteiger partial charge >= 0.3 is 0 Å². The molecule has 0 heterocycles. The van der Waals surface area contributed by atoms with Crippen LogP contribution in [0.5, 0.6) is 0 Å². The fourth-order valence-electron chi connectivity index (χ4n) is 1.42. The van der Waals surface area contributed by atoms with Gasteiger partial charge in [0, 0.05) is 13.1 Å². The lowest BCUT2D eigenvalue weighted by molar-refractivity contribution is -0.131. The van der Waals surface area contributed by atoms with Crippen LogP contribution in [0.25, 0.3) is 0 Å². The van der Waals surface area contributed by atoms with Crippen LogP contribution in [-0.2, 0) is 4.79 Å². The van der Waals surface area contributed by atoms with Crippen molar-refractivity contribution in [2.75, 3.05) is 19.7 Å².